The van der Waals surface area contributed by atoms with Gasteiger partial charge in [0.25, 0.3) is 0 Å². The van der Waals surface area contributed by atoms with Gasteiger partial charge in [-0.1, -0.05) is 12.1 Å². The molecule has 29 heavy (non-hydrogen) atoms. The minimum atomic E-state index is -3.76. The van der Waals surface area contributed by atoms with Crippen LogP contribution in [0.1, 0.15) is 36.6 Å². The molecule has 3 aromatic rings. The van der Waals surface area contributed by atoms with Gasteiger partial charge >= 0.3 is 0 Å². The summed E-state index contributed by atoms with van der Waals surface area (Å²) in [5.74, 6) is 0.638. The zero-order chi connectivity index (χ0) is 20.8. The molecule has 4 rings (SSSR count). The van der Waals surface area contributed by atoms with Gasteiger partial charge in [0.15, 0.2) is 5.65 Å². The maximum atomic E-state index is 11.5. The van der Waals surface area contributed by atoms with E-state index in [9.17, 15) is 8.42 Å². The van der Waals surface area contributed by atoms with E-state index in [0.29, 0.717) is 21.9 Å². The molecule has 3 heterocycles. The van der Waals surface area contributed by atoms with E-state index in [1.54, 1.807) is 16.8 Å². The number of fused-ring (bicyclic) bond motifs is 1. The van der Waals surface area contributed by atoms with E-state index < -0.39 is 16.1 Å². The number of aromatic nitrogens is 4. The Kier molecular flexibility index (Phi) is 5.32. The predicted molar refractivity (Wildman–Crippen MR) is 114 cm³/mol. The van der Waals surface area contributed by atoms with Gasteiger partial charge in [0, 0.05) is 20.1 Å². The van der Waals surface area contributed by atoms with Crippen LogP contribution >= 0.6 is 15.9 Å². The molecule has 4 N–H and O–H groups in total. The van der Waals surface area contributed by atoms with Crippen LogP contribution in [0.3, 0.4) is 0 Å². The molecule has 1 atom stereocenters. The summed E-state index contributed by atoms with van der Waals surface area (Å²) in [6.45, 7) is 1.81. The predicted octanol–water partition coefficient (Wildman–Crippen LogP) is 1.81. The lowest BCUT2D eigenvalue weighted by atomic mass is 10.0. The number of anilines is 1. The molecule has 1 unspecified atom stereocenters. The van der Waals surface area contributed by atoms with Crippen molar-refractivity contribution in [2.75, 3.05) is 18.0 Å². The van der Waals surface area contributed by atoms with Crippen molar-refractivity contribution in [2.45, 2.75) is 30.2 Å². The van der Waals surface area contributed by atoms with Crippen molar-refractivity contribution in [3.63, 3.8) is 0 Å². The molecule has 9 nitrogen and oxygen atoms in total. The summed E-state index contributed by atoms with van der Waals surface area (Å²) in [5, 5.41) is 10.4. The summed E-state index contributed by atoms with van der Waals surface area (Å²) in [6, 6.07) is 5.63. The molecule has 0 aliphatic carbocycles. The fourth-order valence-corrected chi connectivity index (χ4v) is 4.73. The number of halogens is 1. The average Bonchev–Trinajstić information content (AvgIpc) is 3.00. The third-order valence-electron chi connectivity index (χ3n) is 5.16. The van der Waals surface area contributed by atoms with E-state index in [-0.39, 0.29) is 4.90 Å². The first-order valence-electron chi connectivity index (χ1n) is 9.29. The first kappa shape index (κ1) is 20.2. The van der Waals surface area contributed by atoms with E-state index in [0.717, 1.165) is 36.9 Å². The van der Waals surface area contributed by atoms with Gasteiger partial charge in [0.05, 0.1) is 22.0 Å². The Bertz CT molecular complexity index is 1160. The van der Waals surface area contributed by atoms with E-state index >= 15 is 0 Å². The van der Waals surface area contributed by atoms with Crippen LogP contribution in [0.4, 0.5) is 5.95 Å². The Labute approximate surface area is 177 Å². The molecule has 0 spiro atoms. The van der Waals surface area contributed by atoms with Gasteiger partial charge in [0.2, 0.25) is 16.0 Å². The van der Waals surface area contributed by atoms with Gasteiger partial charge in [-0.05, 0) is 52.9 Å². The summed E-state index contributed by atoms with van der Waals surface area (Å²) in [4.78, 5) is 11.8. The van der Waals surface area contributed by atoms with Crippen molar-refractivity contribution in [1.82, 2.24) is 19.7 Å². The van der Waals surface area contributed by atoms with Crippen LogP contribution in [0.15, 0.2) is 33.8 Å². The molecule has 154 valence electrons. The fourth-order valence-electron chi connectivity index (χ4n) is 3.60. The van der Waals surface area contributed by atoms with Crippen LogP contribution in [0.25, 0.3) is 11.0 Å². The van der Waals surface area contributed by atoms with Gasteiger partial charge in [-0.25, -0.2) is 23.2 Å². The smallest absolute Gasteiger partial charge is 0.238 e. The zero-order valence-corrected chi connectivity index (χ0v) is 18.3. The van der Waals surface area contributed by atoms with E-state index in [2.05, 4.69) is 25.9 Å². The maximum Gasteiger partial charge on any atom is 0.238 e. The molecule has 1 aromatic carbocycles. The highest BCUT2D eigenvalue weighted by Crippen LogP contribution is 2.32. The highest BCUT2D eigenvalue weighted by Gasteiger charge is 2.24. The number of nitrogens with two attached hydrogens (primary N) is 2. The number of benzene rings is 1. The molecule has 0 amide bonds. The first-order valence-corrected chi connectivity index (χ1v) is 11.6. The normalized spacial score (nSPS) is 16.3. The summed E-state index contributed by atoms with van der Waals surface area (Å²) >= 11 is 3.49. The molecule has 0 bridgehead atoms. The quantitative estimate of drug-likeness (QED) is 0.582. The van der Waals surface area contributed by atoms with Crippen LogP contribution in [-0.2, 0) is 17.1 Å². The van der Waals surface area contributed by atoms with E-state index in [1.807, 2.05) is 7.05 Å². The van der Waals surface area contributed by atoms with Crippen LogP contribution < -0.4 is 15.8 Å². The van der Waals surface area contributed by atoms with Gasteiger partial charge in [-0.15, -0.1) is 0 Å². The molecule has 2 aromatic heterocycles. The van der Waals surface area contributed by atoms with Crippen molar-refractivity contribution in [3.05, 3.63) is 40.1 Å². The average molecular weight is 480 g/mol. The SMILES string of the molecule is Cn1nc(Br)c2c(C(N)c3ccc(S(N)(=O)=O)cc3)nc(N3CCCCC3)nc21. The van der Waals surface area contributed by atoms with Crippen molar-refractivity contribution < 1.29 is 8.42 Å². The summed E-state index contributed by atoms with van der Waals surface area (Å²) in [7, 11) is -1.93. The second-order valence-electron chi connectivity index (χ2n) is 7.16. The van der Waals surface area contributed by atoms with Gasteiger partial charge in [0.1, 0.15) is 4.60 Å². The number of hydrogen-bond donors (Lipinski definition) is 2. The Morgan fingerprint density at radius 2 is 1.76 bits per heavy atom. The molecule has 11 heteroatoms. The minimum Gasteiger partial charge on any atom is -0.341 e. The highest BCUT2D eigenvalue weighted by molar-refractivity contribution is 9.10. The number of hydrogen-bond acceptors (Lipinski definition) is 7. The second kappa shape index (κ2) is 7.63. The number of piperidine rings is 1. The van der Waals surface area contributed by atoms with Crippen molar-refractivity contribution in [1.29, 1.82) is 0 Å². The topological polar surface area (TPSA) is 133 Å². The number of rotatable bonds is 4. The van der Waals surface area contributed by atoms with E-state index in [1.165, 1.54) is 18.6 Å². The highest BCUT2D eigenvalue weighted by atomic mass is 79.9. The maximum absolute atomic E-state index is 11.5. The molecule has 0 radical (unpaired) electrons. The summed E-state index contributed by atoms with van der Waals surface area (Å²) < 4.78 is 25.4. The first-order chi connectivity index (χ1) is 13.8. The van der Waals surface area contributed by atoms with Gasteiger partial charge in [-0.3, -0.25) is 0 Å². The lowest BCUT2D eigenvalue weighted by molar-refractivity contribution is 0.567. The minimum absolute atomic E-state index is 0.0397. The number of nitrogens with zero attached hydrogens (tertiary/aromatic N) is 5. The lowest BCUT2D eigenvalue weighted by Gasteiger charge is -2.27. The molecular formula is C18H22BrN7O2S. The lowest BCUT2D eigenvalue weighted by Crippen LogP contribution is -2.31. The third kappa shape index (κ3) is 3.87. The molecule has 1 aliphatic heterocycles. The molecular weight excluding hydrogens is 458 g/mol. The molecule has 1 saturated heterocycles. The van der Waals surface area contributed by atoms with Crippen LogP contribution in [-0.4, -0.2) is 41.3 Å². The molecule has 1 aliphatic rings. The van der Waals surface area contributed by atoms with Crippen LogP contribution in [0.5, 0.6) is 0 Å². The Morgan fingerprint density at radius 1 is 1.10 bits per heavy atom. The Morgan fingerprint density at radius 3 is 2.38 bits per heavy atom. The van der Waals surface area contributed by atoms with Crippen LogP contribution in [0.2, 0.25) is 0 Å². The van der Waals surface area contributed by atoms with Gasteiger partial charge in [-0.2, -0.15) is 10.1 Å². The van der Waals surface area contributed by atoms with Gasteiger partial charge < -0.3 is 10.6 Å². The second-order valence-corrected chi connectivity index (χ2v) is 9.47. The number of sulfonamides is 1. The largest absolute Gasteiger partial charge is 0.341 e. The third-order valence-corrected chi connectivity index (χ3v) is 6.64. The Balaban J connectivity index is 1.82. The van der Waals surface area contributed by atoms with Crippen molar-refractivity contribution >= 4 is 42.9 Å². The molecule has 1 fully saturated rings. The van der Waals surface area contributed by atoms with Crippen LogP contribution in [0, 0.1) is 0 Å². The summed E-state index contributed by atoms with van der Waals surface area (Å²) in [6.07, 6.45) is 3.42. The van der Waals surface area contributed by atoms with Crippen molar-refractivity contribution in [2.24, 2.45) is 17.9 Å². The van der Waals surface area contributed by atoms with E-state index in [4.69, 9.17) is 20.8 Å². The number of aryl methyl sites for hydroxylation is 1. The fraction of sp³-hybridized carbons (Fsp3) is 0.389. The zero-order valence-electron chi connectivity index (χ0n) is 15.9. The summed E-state index contributed by atoms with van der Waals surface area (Å²) in [5.41, 5.74) is 8.62. The molecule has 0 saturated carbocycles. The van der Waals surface area contributed by atoms with Crippen molar-refractivity contribution in [3.8, 4) is 0 Å². The number of primary sulfonamides is 1. The Hall–Kier alpha value is -2.08. The standard InChI is InChI=1S/C18H22BrN7O2S/c1-25-17-13(16(19)24-25)15(22-18(23-17)26-9-3-2-4-10-26)14(20)11-5-7-12(8-6-11)29(21,27)28/h5-8,14H,2-4,9-10,20H2,1H3,(H2,21,27,28). The monoisotopic (exact) mass is 479 g/mol.